The number of allylic oxidation sites excluding steroid dienone is 4. The summed E-state index contributed by atoms with van der Waals surface area (Å²) in [6, 6.07) is 25.9. The maximum atomic E-state index is 6.47. The molecule has 8 rings (SSSR count). The first kappa shape index (κ1) is 39.2. The highest BCUT2D eigenvalue weighted by molar-refractivity contribution is 5.47. The van der Waals surface area contributed by atoms with Gasteiger partial charge in [-0.1, -0.05) is 85.1 Å². The Morgan fingerprint density at radius 3 is 1.93 bits per heavy atom. The van der Waals surface area contributed by atoms with E-state index in [1.54, 1.807) is 0 Å². The standard InChI is InChI=1S/C52H70N2O2/c1-34(2)8-7-9-35(3)46-25-26-47-45-24-14-39-33-52(31-30-50(39,5)48(45)28-29-51(46,47)6,37-10-18-42(19-11-37)55-43-22-15-40(53)16-23-43)38-12-20-44(21-13-38)56-49-27-17-41(54)32-36(49)4/h10-13,15-23,27,34-36,39,45-48H,7-9,14,24-26,28-33,53-54H2,1-6H3. The molecule has 5 aliphatic carbocycles. The zero-order chi connectivity index (χ0) is 39.2. The molecule has 300 valence electrons. The van der Waals surface area contributed by atoms with Crippen LogP contribution in [0.4, 0.5) is 5.69 Å². The minimum absolute atomic E-state index is 0.0586. The van der Waals surface area contributed by atoms with Crippen LogP contribution in [0.3, 0.4) is 0 Å². The molecule has 10 atom stereocenters. The normalized spacial score (nSPS) is 34.4. The van der Waals surface area contributed by atoms with Crippen LogP contribution in [0.15, 0.2) is 96.4 Å². The number of anilines is 1. The molecule has 4 N–H and O–H groups in total. The molecule has 4 saturated carbocycles. The van der Waals surface area contributed by atoms with Crippen molar-refractivity contribution in [3.05, 3.63) is 108 Å². The van der Waals surface area contributed by atoms with Gasteiger partial charge in [-0.3, -0.25) is 0 Å². The summed E-state index contributed by atoms with van der Waals surface area (Å²) in [5.41, 5.74) is 17.4. The molecule has 0 spiro atoms. The molecular weight excluding hydrogens is 685 g/mol. The summed E-state index contributed by atoms with van der Waals surface area (Å²) >= 11 is 0. The van der Waals surface area contributed by atoms with Gasteiger partial charge < -0.3 is 20.9 Å². The van der Waals surface area contributed by atoms with E-state index in [2.05, 4.69) is 90.1 Å². The molecule has 4 nitrogen and oxygen atoms in total. The molecule has 0 heterocycles. The van der Waals surface area contributed by atoms with E-state index < -0.39 is 0 Å². The van der Waals surface area contributed by atoms with Crippen molar-refractivity contribution < 1.29 is 9.47 Å². The molecule has 56 heavy (non-hydrogen) atoms. The van der Waals surface area contributed by atoms with Crippen LogP contribution in [0.1, 0.15) is 136 Å². The zero-order valence-corrected chi connectivity index (χ0v) is 35.4. The summed E-state index contributed by atoms with van der Waals surface area (Å²) in [4.78, 5) is 0. The lowest BCUT2D eigenvalue weighted by molar-refractivity contribution is -0.122. The minimum Gasteiger partial charge on any atom is -0.461 e. The van der Waals surface area contributed by atoms with Gasteiger partial charge in [0.1, 0.15) is 23.0 Å². The summed E-state index contributed by atoms with van der Waals surface area (Å²) in [5, 5.41) is 0. The van der Waals surface area contributed by atoms with Gasteiger partial charge in [-0.25, -0.2) is 0 Å². The first-order valence-corrected chi connectivity index (χ1v) is 22.5. The molecular formula is C52H70N2O2. The molecule has 0 amide bonds. The van der Waals surface area contributed by atoms with Crippen molar-refractivity contribution in [1.29, 1.82) is 0 Å². The molecule has 0 radical (unpaired) electrons. The molecule has 4 fully saturated rings. The van der Waals surface area contributed by atoms with E-state index in [1.165, 1.54) is 88.2 Å². The Morgan fingerprint density at radius 1 is 0.661 bits per heavy atom. The Labute approximate surface area is 338 Å². The van der Waals surface area contributed by atoms with Crippen LogP contribution in [0.5, 0.6) is 17.2 Å². The summed E-state index contributed by atoms with van der Waals surface area (Å²) in [7, 11) is 0. The van der Waals surface area contributed by atoms with Gasteiger partial charge in [0.05, 0.1) is 0 Å². The summed E-state index contributed by atoms with van der Waals surface area (Å²) in [6.07, 6.45) is 21.3. The number of rotatable bonds is 11. The third kappa shape index (κ3) is 7.33. The molecule has 10 unspecified atom stereocenters. The smallest absolute Gasteiger partial charge is 0.127 e. The van der Waals surface area contributed by atoms with Crippen molar-refractivity contribution in [2.75, 3.05) is 5.73 Å². The first-order chi connectivity index (χ1) is 26.9. The Balaban J connectivity index is 1.05. The third-order valence-electron chi connectivity index (χ3n) is 16.6. The molecule has 4 heteroatoms. The van der Waals surface area contributed by atoms with Gasteiger partial charge in [0.15, 0.2) is 0 Å². The Morgan fingerprint density at radius 2 is 1.29 bits per heavy atom. The SMILES string of the molecule is CC(C)CCCC(C)C1CCC2C3CCC4CC(c5ccc(OC6=CC=C(N)CC6C)cc5)(c5ccc(Oc6ccc(N)cc6)cc5)CCC4(C)C3CCC12C. The van der Waals surface area contributed by atoms with E-state index in [0.717, 1.165) is 76.3 Å². The van der Waals surface area contributed by atoms with Gasteiger partial charge in [0, 0.05) is 22.7 Å². The third-order valence-corrected chi connectivity index (χ3v) is 16.6. The molecule has 0 aromatic heterocycles. The van der Waals surface area contributed by atoms with Crippen molar-refractivity contribution in [1.82, 2.24) is 0 Å². The predicted molar refractivity (Wildman–Crippen MR) is 232 cm³/mol. The maximum absolute atomic E-state index is 6.47. The number of nitrogen functional groups attached to an aromatic ring is 1. The van der Waals surface area contributed by atoms with Crippen molar-refractivity contribution in [3.8, 4) is 17.2 Å². The van der Waals surface area contributed by atoms with Crippen molar-refractivity contribution in [3.63, 3.8) is 0 Å². The van der Waals surface area contributed by atoms with Crippen molar-refractivity contribution >= 4 is 5.69 Å². The van der Waals surface area contributed by atoms with Gasteiger partial charge in [0.2, 0.25) is 0 Å². The predicted octanol–water partition coefficient (Wildman–Crippen LogP) is 13.6. The van der Waals surface area contributed by atoms with Crippen molar-refractivity contribution in [2.45, 2.75) is 130 Å². The highest BCUT2D eigenvalue weighted by Gasteiger charge is 2.62. The van der Waals surface area contributed by atoms with Crippen LogP contribution < -0.4 is 20.9 Å². The van der Waals surface area contributed by atoms with E-state index in [1.807, 2.05) is 36.4 Å². The van der Waals surface area contributed by atoms with Crippen LogP contribution in [0.25, 0.3) is 0 Å². The second-order valence-electron chi connectivity index (χ2n) is 20.2. The minimum atomic E-state index is -0.0586. The van der Waals surface area contributed by atoms with Crippen molar-refractivity contribution in [2.24, 2.45) is 63.9 Å². The number of hydrogen-bond acceptors (Lipinski definition) is 4. The topological polar surface area (TPSA) is 70.5 Å². The average Bonchev–Trinajstić information content (AvgIpc) is 3.54. The van der Waals surface area contributed by atoms with Gasteiger partial charge >= 0.3 is 0 Å². The van der Waals surface area contributed by atoms with Gasteiger partial charge in [-0.05, 0) is 188 Å². The summed E-state index contributed by atoms with van der Waals surface area (Å²) < 4.78 is 12.8. The highest BCUT2D eigenvalue weighted by Crippen LogP contribution is 2.70. The number of ether oxygens (including phenoxy) is 2. The molecule has 3 aromatic rings. The van der Waals surface area contributed by atoms with Crippen LogP contribution in [0.2, 0.25) is 0 Å². The Kier molecular flexibility index (Phi) is 10.9. The molecule has 3 aromatic carbocycles. The molecule has 0 saturated heterocycles. The van der Waals surface area contributed by atoms with E-state index in [9.17, 15) is 0 Å². The molecule has 5 aliphatic rings. The number of hydrogen-bond donors (Lipinski definition) is 2. The van der Waals surface area contributed by atoms with Gasteiger partial charge in [-0.2, -0.15) is 0 Å². The molecule has 0 bridgehead atoms. The van der Waals surface area contributed by atoms with E-state index in [-0.39, 0.29) is 11.3 Å². The largest absolute Gasteiger partial charge is 0.461 e. The lowest BCUT2D eigenvalue weighted by Gasteiger charge is -2.63. The van der Waals surface area contributed by atoms with Crippen LogP contribution in [-0.4, -0.2) is 0 Å². The maximum Gasteiger partial charge on any atom is 0.127 e. The lowest BCUT2D eigenvalue weighted by atomic mass is 9.42. The van der Waals surface area contributed by atoms with Crippen LogP contribution >= 0.6 is 0 Å². The first-order valence-electron chi connectivity index (χ1n) is 22.5. The fourth-order valence-electron chi connectivity index (χ4n) is 13.5. The second kappa shape index (κ2) is 15.6. The fraction of sp³-hybridized carbons (Fsp3) is 0.577. The summed E-state index contributed by atoms with van der Waals surface area (Å²) in [6.45, 7) is 15.1. The number of benzene rings is 3. The number of fused-ring (bicyclic) bond motifs is 5. The quantitative estimate of drug-likeness (QED) is 0.191. The Hall–Kier alpha value is -3.66. The van der Waals surface area contributed by atoms with Gasteiger partial charge in [0.25, 0.3) is 0 Å². The highest BCUT2D eigenvalue weighted by atomic mass is 16.5. The fourth-order valence-corrected chi connectivity index (χ4v) is 13.5. The van der Waals surface area contributed by atoms with E-state index in [0.29, 0.717) is 16.7 Å². The number of nitrogens with two attached hydrogens (primary N) is 2. The average molecular weight is 755 g/mol. The van der Waals surface area contributed by atoms with E-state index >= 15 is 0 Å². The summed E-state index contributed by atoms with van der Waals surface area (Å²) in [5.74, 6) is 9.81. The zero-order valence-electron chi connectivity index (χ0n) is 35.4. The van der Waals surface area contributed by atoms with E-state index in [4.69, 9.17) is 20.9 Å². The Bertz CT molecular complexity index is 1880. The monoisotopic (exact) mass is 755 g/mol. The van der Waals surface area contributed by atoms with Gasteiger partial charge in [-0.15, -0.1) is 0 Å². The van der Waals surface area contributed by atoms with Crippen LogP contribution in [0, 0.1) is 58.2 Å². The van der Waals surface area contributed by atoms with Crippen LogP contribution in [-0.2, 0) is 5.41 Å². The lowest BCUT2D eigenvalue weighted by Crippen LogP contribution is -2.55. The molecule has 0 aliphatic heterocycles. The second-order valence-corrected chi connectivity index (χ2v) is 20.2.